The summed E-state index contributed by atoms with van der Waals surface area (Å²) in [5.41, 5.74) is 0. The predicted molar refractivity (Wildman–Crippen MR) is 79.3 cm³/mol. The number of hydrogen-bond acceptors (Lipinski definition) is 2. The normalized spacial score (nSPS) is 9.25. The Labute approximate surface area is 127 Å². The third kappa shape index (κ3) is 6.08. The number of hydrogen-bond donors (Lipinski definition) is 0. The van der Waals surface area contributed by atoms with Crippen LogP contribution in [0.2, 0.25) is 0 Å². The lowest BCUT2D eigenvalue weighted by atomic mass is 10.5. The monoisotopic (exact) mass is 470 g/mol. The smallest absolute Gasteiger partial charge is 0.106 e. The van der Waals surface area contributed by atoms with Gasteiger partial charge in [0, 0.05) is 21.3 Å². The van der Waals surface area contributed by atoms with Crippen molar-refractivity contribution in [2.24, 2.45) is 0 Å². The topological polar surface area (TPSA) is 25.8 Å². The highest BCUT2D eigenvalue weighted by atomic mass is 79.9. The summed E-state index contributed by atoms with van der Waals surface area (Å²) >= 11 is 13.0. The number of pyridine rings is 2. The second-order valence-electron chi connectivity index (χ2n) is 2.60. The SMILES string of the molecule is Brc1ccc(Br)nc1.Brc1ccc(Br)nc1. The Morgan fingerprint density at radius 3 is 1.19 bits per heavy atom. The summed E-state index contributed by atoms with van der Waals surface area (Å²) < 4.78 is 3.72. The van der Waals surface area contributed by atoms with Crippen LogP contribution in [0.5, 0.6) is 0 Å². The maximum Gasteiger partial charge on any atom is 0.106 e. The number of nitrogens with zero attached hydrogens (tertiary/aromatic N) is 2. The highest BCUT2D eigenvalue weighted by molar-refractivity contribution is 9.11. The van der Waals surface area contributed by atoms with Crippen LogP contribution in [-0.4, -0.2) is 9.97 Å². The third-order valence-corrected chi connectivity index (χ3v) is 3.26. The van der Waals surface area contributed by atoms with Crippen LogP contribution in [0, 0.1) is 0 Å². The molecule has 0 bridgehead atoms. The molecular weight excluding hydrogens is 468 g/mol. The van der Waals surface area contributed by atoms with Gasteiger partial charge in [-0.3, -0.25) is 0 Å². The zero-order valence-corrected chi connectivity index (χ0v) is 14.2. The molecule has 0 saturated heterocycles. The van der Waals surface area contributed by atoms with E-state index < -0.39 is 0 Å². The first-order valence-electron chi connectivity index (χ1n) is 4.12. The molecule has 0 aromatic carbocycles. The molecule has 0 amide bonds. The molecule has 2 aromatic heterocycles. The van der Waals surface area contributed by atoms with Crippen LogP contribution in [0.15, 0.2) is 54.8 Å². The minimum Gasteiger partial charge on any atom is -0.248 e. The van der Waals surface area contributed by atoms with Gasteiger partial charge in [-0.2, -0.15) is 0 Å². The highest BCUT2D eigenvalue weighted by Gasteiger charge is 1.85. The van der Waals surface area contributed by atoms with Crippen molar-refractivity contribution in [1.82, 2.24) is 9.97 Å². The van der Waals surface area contributed by atoms with Gasteiger partial charge in [-0.25, -0.2) is 9.97 Å². The Kier molecular flexibility index (Phi) is 6.72. The Morgan fingerprint density at radius 2 is 1.00 bits per heavy atom. The molecule has 0 unspecified atom stereocenters. The van der Waals surface area contributed by atoms with Gasteiger partial charge < -0.3 is 0 Å². The summed E-state index contributed by atoms with van der Waals surface area (Å²) in [4.78, 5) is 7.90. The Bertz CT molecular complexity index is 342. The molecule has 0 fully saturated rings. The minimum atomic E-state index is 0.862. The van der Waals surface area contributed by atoms with Gasteiger partial charge in [0.15, 0.2) is 0 Å². The summed E-state index contributed by atoms with van der Waals surface area (Å²) in [5.74, 6) is 0. The Morgan fingerprint density at radius 1 is 0.625 bits per heavy atom. The maximum atomic E-state index is 3.95. The molecule has 16 heavy (non-hydrogen) atoms. The molecule has 6 heteroatoms. The zero-order valence-electron chi connectivity index (χ0n) is 7.87. The molecule has 0 aliphatic carbocycles. The maximum absolute atomic E-state index is 3.95. The average Bonchev–Trinajstić information content (AvgIpc) is 2.28. The first kappa shape index (κ1) is 14.3. The zero-order chi connectivity index (χ0) is 12.0. The van der Waals surface area contributed by atoms with E-state index in [0.717, 1.165) is 18.2 Å². The molecule has 84 valence electrons. The number of aromatic nitrogens is 2. The fourth-order valence-corrected chi connectivity index (χ4v) is 1.65. The second-order valence-corrected chi connectivity index (χ2v) is 6.05. The van der Waals surface area contributed by atoms with E-state index in [-0.39, 0.29) is 0 Å². The van der Waals surface area contributed by atoms with Gasteiger partial charge in [-0.15, -0.1) is 0 Å². The van der Waals surface area contributed by atoms with Gasteiger partial charge >= 0.3 is 0 Å². The number of halogens is 4. The third-order valence-electron chi connectivity index (χ3n) is 1.38. The molecule has 2 nitrogen and oxygen atoms in total. The molecule has 2 aromatic rings. The predicted octanol–water partition coefficient (Wildman–Crippen LogP) is 5.21. The molecule has 2 rings (SSSR count). The van der Waals surface area contributed by atoms with E-state index >= 15 is 0 Å². The molecule has 2 heterocycles. The average molecular weight is 474 g/mol. The fourth-order valence-electron chi connectivity index (χ4n) is 0.716. The standard InChI is InChI=1S/2C5H3Br2N/c2*6-4-1-2-5(7)8-3-4/h2*1-3H. The van der Waals surface area contributed by atoms with Crippen LogP contribution >= 0.6 is 63.7 Å². The molecule has 0 atom stereocenters. The van der Waals surface area contributed by atoms with Crippen LogP contribution in [0.4, 0.5) is 0 Å². The lowest BCUT2D eigenvalue weighted by molar-refractivity contribution is 1.26. The molecule has 0 N–H and O–H groups in total. The van der Waals surface area contributed by atoms with Crippen LogP contribution in [0.3, 0.4) is 0 Å². The van der Waals surface area contributed by atoms with E-state index in [1.165, 1.54) is 0 Å². The molecule has 0 aliphatic rings. The van der Waals surface area contributed by atoms with Crippen molar-refractivity contribution >= 4 is 63.7 Å². The van der Waals surface area contributed by atoms with Gasteiger partial charge in [0.1, 0.15) is 9.21 Å². The van der Waals surface area contributed by atoms with E-state index in [1.807, 2.05) is 24.3 Å². The lowest BCUT2D eigenvalue weighted by Crippen LogP contribution is -1.70. The number of rotatable bonds is 0. The summed E-state index contributed by atoms with van der Waals surface area (Å²) in [7, 11) is 0. The minimum absolute atomic E-state index is 0.862. The van der Waals surface area contributed by atoms with Crippen molar-refractivity contribution in [3.05, 3.63) is 54.8 Å². The van der Waals surface area contributed by atoms with Crippen LogP contribution in [0.1, 0.15) is 0 Å². The van der Waals surface area contributed by atoms with Crippen molar-refractivity contribution in [3.8, 4) is 0 Å². The first-order chi connectivity index (χ1) is 7.58. The summed E-state index contributed by atoms with van der Waals surface area (Å²) in [6.45, 7) is 0. The van der Waals surface area contributed by atoms with Gasteiger partial charge in [-0.1, -0.05) is 0 Å². The molecule has 0 saturated carbocycles. The molecule has 0 aliphatic heterocycles. The van der Waals surface area contributed by atoms with Crippen molar-refractivity contribution in [3.63, 3.8) is 0 Å². The molecule has 0 spiro atoms. The van der Waals surface area contributed by atoms with E-state index in [9.17, 15) is 0 Å². The van der Waals surface area contributed by atoms with E-state index in [4.69, 9.17) is 0 Å². The van der Waals surface area contributed by atoms with Crippen molar-refractivity contribution in [2.45, 2.75) is 0 Å². The van der Waals surface area contributed by atoms with E-state index in [1.54, 1.807) is 12.4 Å². The van der Waals surface area contributed by atoms with E-state index in [2.05, 4.69) is 73.7 Å². The van der Waals surface area contributed by atoms with Crippen molar-refractivity contribution in [2.75, 3.05) is 0 Å². The first-order valence-corrected chi connectivity index (χ1v) is 7.29. The van der Waals surface area contributed by atoms with Crippen LogP contribution < -0.4 is 0 Å². The lowest BCUT2D eigenvalue weighted by Gasteiger charge is -1.86. The van der Waals surface area contributed by atoms with Gasteiger partial charge in [0.25, 0.3) is 0 Å². The van der Waals surface area contributed by atoms with Crippen LogP contribution in [0.25, 0.3) is 0 Å². The van der Waals surface area contributed by atoms with Crippen LogP contribution in [-0.2, 0) is 0 Å². The molecular formula is C10H6Br4N2. The van der Waals surface area contributed by atoms with Gasteiger partial charge in [0.2, 0.25) is 0 Å². The van der Waals surface area contributed by atoms with Crippen molar-refractivity contribution < 1.29 is 0 Å². The summed E-state index contributed by atoms with van der Waals surface area (Å²) in [5, 5.41) is 0. The van der Waals surface area contributed by atoms with Crippen molar-refractivity contribution in [1.29, 1.82) is 0 Å². The Balaban J connectivity index is 0.000000160. The largest absolute Gasteiger partial charge is 0.248 e. The summed E-state index contributed by atoms with van der Waals surface area (Å²) in [6.07, 6.45) is 3.48. The second kappa shape index (κ2) is 7.53. The van der Waals surface area contributed by atoms with Gasteiger partial charge in [-0.05, 0) is 88.0 Å². The Hall–Kier alpha value is 0.220. The molecule has 0 radical (unpaired) electrons. The quantitative estimate of drug-likeness (QED) is 0.491. The van der Waals surface area contributed by atoms with Gasteiger partial charge in [0.05, 0.1) is 0 Å². The van der Waals surface area contributed by atoms with E-state index in [0.29, 0.717) is 0 Å². The highest BCUT2D eigenvalue weighted by Crippen LogP contribution is 2.11. The summed E-state index contributed by atoms with van der Waals surface area (Å²) in [6, 6.07) is 7.61. The fraction of sp³-hybridized carbons (Fsp3) is 0.